The first-order valence-corrected chi connectivity index (χ1v) is 9.28. The zero-order chi connectivity index (χ0) is 20.3. The molecule has 0 unspecified atom stereocenters. The van der Waals surface area contributed by atoms with Gasteiger partial charge in [0.1, 0.15) is 5.70 Å². The Morgan fingerprint density at radius 3 is 2.64 bits per heavy atom. The van der Waals surface area contributed by atoms with Gasteiger partial charge in [-0.05, 0) is 55.3 Å². The molecule has 7 heteroatoms. The van der Waals surface area contributed by atoms with Crippen LogP contribution in [-0.2, 0) is 4.79 Å². The summed E-state index contributed by atoms with van der Waals surface area (Å²) in [7, 11) is 1.55. The molecule has 3 amide bonds. The van der Waals surface area contributed by atoms with Crippen molar-refractivity contribution < 1.29 is 19.1 Å². The Morgan fingerprint density at radius 2 is 1.96 bits per heavy atom. The summed E-state index contributed by atoms with van der Waals surface area (Å²) < 4.78 is 11.2. The quantitative estimate of drug-likeness (QED) is 0.567. The Labute approximate surface area is 168 Å². The van der Waals surface area contributed by atoms with Crippen molar-refractivity contribution in [2.75, 3.05) is 12.0 Å². The Kier molecular flexibility index (Phi) is 5.90. The number of hydrogen-bond donors (Lipinski definition) is 1. The van der Waals surface area contributed by atoms with Crippen LogP contribution >= 0.6 is 11.6 Å². The molecular formula is C21H21ClN2O4. The third kappa shape index (κ3) is 4.12. The van der Waals surface area contributed by atoms with Crippen molar-refractivity contribution in [3.05, 3.63) is 58.7 Å². The monoisotopic (exact) mass is 400 g/mol. The van der Waals surface area contributed by atoms with Crippen LogP contribution in [0.1, 0.15) is 25.8 Å². The number of anilines is 1. The zero-order valence-corrected chi connectivity index (χ0v) is 16.6. The van der Waals surface area contributed by atoms with E-state index in [4.69, 9.17) is 21.1 Å². The summed E-state index contributed by atoms with van der Waals surface area (Å²) in [5, 5.41) is 3.04. The fraction of sp³-hybridized carbons (Fsp3) is 0.238. The summed E-state index contributed by atoms with van der Waals surface area (Å²) in [6.45, 7) is 4.02. The number of carbonyl (C=O) groups excluding carboxylic acids is 2. The highest BCUT2D eigenvalue weighted by Crippen LogP contribution is 2.31. The van der Waals surface area contributed by atoms with Crippen LogP contribution in [0.3, 0.4) is 0 Å². The highest BCUT2D eigenvalue weighted by atomic mass is 35.5. The summed E-state index contributed by atoms with van der Waals surface area (Å²) in [5.74, 6) is 0.727. The average molecular weight is 401 g/mol. The Balaban J connectivity index is 1.87. The lowest BCUT2D eigenvalue weighted by atomic mass is 10.1. The van der Waals surface area contributed by atoms with Gasteiger partial charge in [0.05, 0.1) is 18.9 Å². The number of halogens is 1. The second-order valence-corrected chi connectivity index (χ2v) is 6.79. The van der Waals surface area contributed by atoms with Crippen molar-refractivity contribution in [3.8, 4) is 11.5 Å². The lowest BCUT2D eigenvalue weighted by Gasteiger charge is -2.15. The number of hydrogen-bond acceptors (Lipinski definition) is 4. The molecule has 0 spiro atoms. The molecule has 0 bridgehead atoms. The fourth-order valence-corrected chi connectivity index (χ4v) is 2.91. The van der Waals surface area contributed by atoms with Crippen molar-refractivity contribution in [1.82, 2.24) is 5.32 Å². The topological polar surface area (TPSA) is 67.9 Å². The van der Waals surface area contributed by atoms with Crippen LogP contribution < -0.4 is 19.7 Å². The molecule has 1 aliphatic heterocycles. The second kappa shape index (κ2) is 8.35. The normalized spacial score (nSPS) is 16.3. The summed E-state index contributed by atoms with van der Waals surface area (Å²) in [6.07, 6.45) is 2.52. The molecule has 6 nitrogen and oxygen atoms in total. The predicted molar refractivity (Wildman–Crippen MR) is 109 cm³/mol. The molecule has 1 heterocycles. The first-order valence-electron chi connectivity index (χ1n) is 8.90. The fourth-order valence-electron chi connectivity index (χ4n) is 2.72. The van der Waals surface area contributed by atoms with Gasteiger partial charge in [-0.15, -0.1) is 0 Å². The van der Waals surface area contributed by atoms with E-state index >= 15 is 0 Å². The van der Waals surface area contributed by atoms with E-state index in [1.54, 1.807) is 55.7 Å². The van der Waals surface area contributed by atoms with Crippen LogP contribution in [0, 0.1) is 0 Å². The first kappa shape index (κ1) is 19.8. The number of urea groups is 1. The largest absolute Gasteiger partial charge is 0.493 e. The lowest BCUT2D eigenvalue weighted by molar-refractivity contribution is -0.113. The van der Waals surface area contributed by atoms with Crippen molar-refractivity contribution in [2.24, 2.45) is 0 Å². The molecule has 28 heavy (non-hydrogen) atoms. The number of nitrogens with zero attached hydrogens (tertiary/aromatic N) is 1. The van der Waals surface area contributed by atoms with Gasteiger partial charge in [-0.25, -0.2) is 9.69 Å². The van der Waals surface area contributed by atoms with Crippen LogP contribution in [0.25, 0.3) is 6.08 Å². The van der Waals surface area contributed by atoms with Crippen molar-refractivity contribution in [1.29, 1.82) is 0 Å². The third-order valence-corrected chi connectivity index (χ3v) is 4.58. The van der Waals surface area contributed by atoms with E-state index in [0.717, 1.165) is 11.3 Å². The summed E-state index contributed by atoms with van der Waals surface area (Å²) in [6, 6.07) is 11.4. The zero-order valence-electron chi connectivity index (χ0n) is 15.9. The molecular weight excluding hydrogens is 380 g/mol. The lowest BCUT2D eigenvalue weighted by Crippen LogP contribution is -2.30. The summed E-state index contributed by atoms with van der Waals surface area (Å²) in [4.78, 5) is 26.1. The number of rotatable bonds is 6. The maximum Gasteiger partial charge on any atom is 0.333 e. The van der Waals surface area contributed by atoms with Gasteiger partial charge in [0.25, 0.3) is 5.91 Å². The van der Waals surface area contributed by atoms with Gasteiger partial charge < -0.3 is 14.8 Å². The van der Waals surface area contributed by atoms with E-state index in [1.165, 1.54) is 0 Å². The second-order valence-electron chi connectivity index (χ2n) is 6.36. The number of nitrogens with one attached hydrogen (secondary N) is 1. The van der Waals surface area contributed by atoms with Crippen molar-refractivity contribution >= 4 is 35.3 Å². The number of ether oxygens (including phenoxy) is 2. The van der Waals surface area contributed by atoms with Crippen LogP contribution in [0.15, 0.2) is 48.2 Å². The average Bonchev–Trinajstić information content (AvgIpc) is 2.95. The highest BCUT2D eigenvalue weighted by molar-refractivity contribution is 6.32. The molecule has 3 rings (SSSR count). The van der Waals surface area contributed by atoms with Gasteiger partial charge in [-0.1, -0.05) is 30.7 Å². The molecule has 0 radical (unpaired) electrons. The van der Waals surface area contributed by atoms with Crippen LogP contribution in [0.5, 0.6) is 11.5 Å². The molecule has 1 aliphatic rings. The predicted octanol–water partition coefficient (Wildman–Crippen LogP) is 4.62. The molecule has 2 aromatic rings. The van der Waals surface area contributed by atoms with Gasteiger partial charge in [0.15, 0.2) is 11.5 Å². The molecule has 1 atom stereocenters. The Bertz CT molecular complexity index is 942. The summed E-state index contributed by atoms with van der Waals surface area (Å²) in [5.41, 5.74) is 1.28. The van der Waals surface area contributed by atoms with Crippen LogP contribution in [-0.4, -0.2) is 25.2 Å². The van der Waals surface area contributed by atoms with Gasteiger partial charge in [0.2, 0.25) is 0 Å². The number of carbonyl (C=O) groups is 2. The third-order valence-electron chi connectivity index (χ3n) is 4.35. The van der Waals surface area contributed by atoms with Crippen LogP contribution in [0.4, 0.5) is 10.5 Å². The number of imide groups is 1. The standard InChI is InChI=1S/C21H21ClN2O4/c1-4-13(2)28-18-9-8-14(11-19(18)27-3)10-17-20(25)24(21(26)23-17)16-7-5-6-15(22)12-16/h5-13H,4H2,1-3H3,(H,23,26)/b17-10+/t13-/m1/s1. The maximum absolute atomic E-state index is 12.7. The Hall–Kier alpha value is -2.99. The number of benzene rings is 2. The first-order chi connectivity index (χ1) is 13.4. The van der Waals surface area contributed by atoms with Gasteiger partial charge >= 0.3 is 6.03 Å². The van der Waals surface area contributed by atoms with Crippen molar-refractivity contribution in [3.63, 3.8) is 0 Å². The van der Waals surface area contributed by atoms with E-state index in [0.29, 0.717) is 27.8 Å². The maximum atomic E-state index is 12.7. The molecule has 1 fully saturated rings. The van der Waals surface area contributed by atoms with E-state index in [9.17, 15) is 9.59 Å². The molecule has 0 saturated carbocycles. The van der Waals surface area contributed by atoms with E-state index in [-0.39, 0.29) is 11.8 Å². The van der Waals surface area contributed by atoms with Gasteiger partial charge in [-0.2, -0.15) is 0 Å². The molecule has 1 N–H and O–H groups in total. The number of amides is 3. The summed E-state index contributed by atoms with van der Waals surface area (Å²) >= 11 is 5.97. The molecule has 2 aromatic carbocycles. The molecule has 1 saturated heterocycles. The Morgan fingerprint density at radius 1 is 1.18 bits per heavy atom. The molecule has 0 aliphatic carbocycles. The van der Waals surface area contributed by atoms with Gasteiger partial charge in [0, 0.05) is 5.02 Å². The van der Waals surface area contributed by atoms with E-state index in [1.807, 2.05) is 13.8 Å². The molecule has 0 aromatic heterocycles. The minimum absolute atomic E-state index is 0.0556. The minimum atomic E-state index is -0.526. The van der Waals surface area contributed by atoms with E-state index < -0.39 is 11.9 Å². The van der Waals surface area contributed by atoms with Crippen molar-refractivity contribution in [2.45, 2.75) is 26.4 Å². The smallest absolute Gasteiger partial charge is 0.333 e. The van der Waals surface area contributed by atoms with Crippen LogP contribution in [0.2, 0.25) is 5.02 Å². The number of methoxy groups -OCH3 is 1. The minimum Gasteiger partial charge on any atom is -0.493 e. The highest BCUT2D eigenvalue weighted by Gasteiger charge is 2.34. The van der Waals surface area contributed by atoms with E-state index in [2.05, 4.69) is 5.32 Å². The SMILES string of the molecule is CC[C@@H](C)Oc1ccc(/C=C2/NC(=O)N(c3cccc(Cl)c3)C2=O)cc1OC. The van der Waals surface area contributed by atoms with Gasteiger partial charge in [-0.3, -0.25) is 4.79 Å². The molecule has 146 valence electrons.